The molecule has 0 aliphatic rings. The number of rotatable bonds is 0. The molecule has 13 heavy (non-hydrogen) atoms. The van der Waals surface area contributed by atoms with Gasteiger partial charge in [0.05, 0.1) is 9.71 Å². The first-order valence-electron chi connectivity index (χ1n) is 4.12. The van der Waals surface area contributed by atoms with E-state index in [1.165, 1.54) is 11.3 Å². The van der Waals surface area contributed by atoms with Crippen LogP contribution in [0.15, 0.2) is 6.07 Å². The lowest BCUT2D eigenvalue weighted by Crippen LogP contribution is -1.88. The molecule has 2 rings (SSSR count). The molecule has 0 fully saturated rings. The minimum atomic E-state index is -0.167. The van der Waals surface area contributed by atoms with Gasteiger partial charge in [-0.2, -0.15) is 0 Å². The fourth-order valence-electron chi connectivity index (χ4n) is 1.35. The Morgan fingerprint density at radius 2 is 2.00 bits per heavy atom. The predicted octanol–water partition coefficient (Wildman–Crippen LogP) is 3.36. The molecule has 2 aromatic rings. The summed E-state index contributed by atoms with van der Waals surface area (Å²) in [6.07, 6.45) is 0. The van der Waals surface area contributed by atoms with Gasteiger partial charge in [-0.25, -0.2) is 9.37 Å². The zero-order valence-electron chi connectivity index (χ0n) is 7.81. The number of hydrogen-bond donors (Lipinski definition) is 0. The van der Waals surface area contributed by atoms with Crippen molar-refractivity contribution in [2.45, 2.75) is 20.8 Å². The molecule has 0 N–H and O–H groups in total. The summed E-state index contributed by atoms with van der Waals surface area (Å²) in [6.45, 7) is 5.61. The summed E-state index contributed by atoms with van der Waals surface area (Å²) in [5.41, 5.74) is 2.22. The number of thiazole rings is 1. The van der Waals surface area contributed by atoms with E-state index in [1.54, 1.807) is 6.92 Å². The molecule has 0 aliphatic heterocycles. The highest BCUT2D eigenvalue weighted by atomic mass is 32.1. The molecule has 0 bridgehead atoms. The summed E-state index contributed by atoms with van der Waals surface area (Å²) >= 11 is 1.54. The maximum atomic E-state index is 13.6. The molecule has 0 radical (unpaired) electrons. The largest absolute Gasteiger partial charge is 0.238 e. The van der Waals surface area contributed by atoms with Crippen LogP contribution < -0.4 is 0 Å². The van der Waals surface area contributed by atoms with Gasteiger partial charge in [0, 0.05) is 0 Å². The van der Waals surface area contributed by atoms with E-state index in [9.17, 15) is 4.39 Å². The molecule has 3 heteroatoms. The molecule has 0 atom stereocenters. The first-order chi connectivity index (χ1) is 6.09. The Kier molecular flexibility index (Phi) is 1.84. The van der Waals surface area contributed by atoms with Gasteiger partial charge in [0.1, 0.15) is 5.52 Å². The second kappa shape index (κ2) is 2.77. The second-order valence-electron chi connectivity index (χ2n) is 3.21. The van der Waals surface area contributed by atoms with Crippen molar-refractivity contribution in [3.8, 4) is 0 Å². The average Bonchev–Trinajstić information content (AvgIpc) is 2.42. The van der Waals surface area contributed by atoms with Crippen molar-refractivity contribution in [3.63, 3.8) is 0 Å². The molecule has 1 aromatic carbocycles. The lowest BCUT2D eigenvalue weighted by Gasteiger charge is -2.00. The quantitative estimate of drug-likeness (QED) is 0.628. The molecule has 0 amide bonds. The van der Waals surface area contributed by atoms with Crippen molar-refractivity contribution in [1.29, 1.82) is 0 Å². The molecular weight excluding hydrogens is 185 g/mol. The lowest BCUT2D eigenvalue weighted by molar-refractivity contribution is 0.626. The van der Waals surface area contributed by atoms with E-state index in [0.717, 1.165) is 15.3 Å². The van der Waals surface area contributed by atoms with E-state index < -0.39 is 0 Å². The van der Waals surface area contributed by atoms with E-state index >= 15 is 0 Å². The van der Waals surface area contributed by atoms with Crippen LogP contribution in [0.25, 0.3) is 10.2 Å². The van der Waals surface area contributed by atoms with Crippen molar-refractivity contribution < 1.29 is 4.39 Å². The molecule has 1 nitrogen and oxygen atoms in total. The molecule has 0 aliphatic carbocycles. The Labute approximate surface area is 80.2 Å². The zero-order valence-corrected chi connectivity index (χ0v) is 8.63. The van der Waals surface area contributed by atoms with Gasteiger partial charge >= 0.3 is 0 Å². The molecule has 0 spiro atoms. The molecular formula is C10H10FNS. The number of aryl methyl sites for hydroxylation is 2. The lowest BCUT2D eigenvalue weighted by atomic mass is 10.1. The Morgan fingerprint density at radius 3 is 2.69 bits per heavy atom. The van der Waals surface area contributed by atoms with Gasteiger partial charge < -0.3 is 0 Å². The van der Waals surface area contributed by atoms with Crippen LogP contribution in [0.5, 0.6) is 0 Å². The van der Waals surface area contributed by atoms with Crippen LogP contribution in [0.4, 0.5) is 4.39 Å². The highest BCUT2D eigenvalue weighted by molar-refractivity contribution is 7.18. The van der Waals surface area contributed by atoms with Gasteiger partial charge in [0.2, 0.25) is 0 Å². The van der Waals surface area contributed by atoms with E-state index in [1.807, 2.05) is 19.9 Å². The summed E-state index contributed by atoms with van der Waals surface area (Å²) in [7, 11) is 0. The van der Waals surface area contributed by atoms with E-state index in [4.69, 9.17) is 0 Å². The highest BCUT2D eigenvalue weighted by Gasteiger charge is 2.10. The van der Waals surface area contributed by atoms with Crippen molar-refractivity contribution in [2.75, 3.05) is 0 Å². The summed E-state index contributed by atoms with van der Waals surface area (Å²) in [5.74, 6) is -0.167. The van der Waals surface area contributed by atoms with Gasteiger partial charge in [0.15, 0.2) is 5.82 Å². The Morgan fingerprint density at radius 1 is 1.31 bits per heavy atom. The smallest absolute Gasteiger partial charge is 0.153 e. The Hall–Kier alpha value is -0.960. The van der Waals surface area contributed by atoms with Crippen LogP contribution in [0.1, 0.15) is 16.1 Å². The van der Waals surface area contributed by atoms with E-state index in [2.05, 4.69) is 4.98 Å². The fraction of sp³-hybridized carbons (Fsp3) is 0.300. The van der Waals surface area contributed by atoms with Crippen LogP contribution in [-0.4, -0.2) is 4.98 Å². The predicted molar refractivity (Wildman–Crippen MR) is 53.8 cm³/mol. The van der Waals surface area contributed by atoms with Crippen LogP contribution >= 0.6 is 11.3 Å². The topological polar surface area (TPSA) is 12.9 Å². The summed E-state index contributed by atoms with van der Waals surface area (Å²) in [6, 6.07) is 2.00. The van der Waals surface area contributed by atoms with Gasteiger partial charge in [-0.15, -0.1) is 11.3 Å². The number of aromatic nitrogens is 1. The summed E-state index contributed by atoms with van der Waals surface area (Å²) in [5, 5.41) is 0.916. The molecule has 0 saturated carbocycles. The Bertz CT molecular complexity index is 473. The van der Waals surface area contributed by atoms with Crippen molar-refractivity contribution in [2.24, 2.45) is 0 Å². The third-order valence-electron chi connectivity index (χ3n) is 2.24. The first-order valence-corrected chi connectivity index (χ1v) is 4.94. The summed E-state index contributed by atoms with van der Waals surface area (Å²) in [4.78, 5) is 4.16. The van der Waals surface area contributed by atoms with Crippen molar-refractivity contribution in [3.05, 3.63) is 28.0 Å². The van der Waals surface area contributed by atoms with E-state index in [0.29, 0.717) is 11.1 Å². The third-order valence-corrected chi connectivity index (χ3v) is 3.15. The normalized spacial score (nSPS) is 11.1. The number of halogens is 1. The number of benzene rings is 1. The Balaban J connectivity index is 2.92. The number of nitrogens with zero attached hydrogens (tertiary/aromatic N) is 1. The molecule has 0 saturated heterocycles. The van der Waals surface area contributed by atoms with Gasteiger partial charge in [-0.05, 0) is 38.0 Å². The van der Waals surface area contributed by atoms with Crippen LogP contribution in [-0.2, 0) is 0 Å². The first kappa shape index (κ1) is 8.63. The van der Waals surface area contributed by atoms with Gasteiger partial charge in [-0.3, -0.25) is 0 Å². The van der Waals surface area contributed by atoms with E-state index in [-0.39, 0.29) is 5.82 Å². The minimum Gasteiger partial charge on any atom is -0.238 e. The highest BCUT2D eigenvalue weighted by Crippen LogP contribution is 2.27. The van der Waals surface area contributed by atoms with Gasteiger partial charge in [0.25, 0.3) is 0 Å². The fourth-order valence-corrected chi connectivity index (χ4v) is 2.28. The minimum absolute atomic E-state index is 0.167. The molecule has 68 valence electrons. The monoisotopic (exact) mass is 195 g/mol. The third kappa shape index (κ3) is 1.23. The van der Waals surface area contributed by atoms with Gasteiger partial charge in [-0.1, -0.05) is 0 Å². The van der Waals surface area contributed by atoms with Crippen LogP contribution in [0, 0.1) is 26.6 Å². The maximum Gasteiger partial charge on any atom is 0.153 e. The molecule has 1 aromatic heterocycles. The second-order valence-corrected chi connectivity index (χ2v) is 4.45. The SMILES string of the molecule is Cc1nc2c(F)c(C)c(C)cc2s1. The zero-order chi connectivity index (χ0) is 9.59. The van der Waals surface area contributed by atoms with Crippen LogP contribution in [0.3, 0.4) is 0 Å². The molecule has 1 heterocycles. The number of fused-ring (bicyclic) bond motifs is 1. The van der Waals surface area contributed by atoms with Crippen LogP contribution in [0.2, 0.25) is 0 Å². The standard InChI is InChI=1S/C10H10FNS/c1-5-4-8-10(9(11)6(5)2)12-7(3)13-8/h4H,1-3H3. The summed E-state index contributed by atoms with van der Waals surface area (Å²) < 4.78 is 14.6. The van der Waals surface area contributed by atoms with Crippen molar-refractivity contribution in [1.82, 2.24) is 4.98 Å². The number of hydrogen-bond acceptors (Lipinski definition) is 2. The average molecular weight is 195 g/mol. The van der Waals surface area contributed by atoms with Crippen molar-refractivity contribution >= 4 is 21.6 Å². The maximum absolute atomic E-state index is 13.6. The molecule has 0 unspecified atom stereocenters.